The van der Waals surface area contributed by atoms with Gasteiger partial charge in [-0.05, 0) is 38.8 Å². The van der Waals surface area contributed by atoms with Gasteiger partial charge in [-0.25, -0.2) is 4.79 Å². The van der Waals surface area contributed by atoms with Crippen LogP contribution in [0.5, 0.6) is 0 Å². The van der Waals surface area contributed by atoms with Gasteiger partial charge in [0.1, 0.15) is 4.32 Å². The fraction of sp³-hybridized carbons (Fsp3) is 0.812. The number of urea groups is 1. The lowest BCUT2D eigenvalue weighted by Crippen LogP contribution is -2.46. The Kier molecular flexibility index (Phi) is 28.7. The van der Waals surface area contributed by atoms with Crippen molar-refractivity contribution in [3.05, 3.63) is 0 Å². The number of aliphatic carboxylic acids is 3. The van der Waals surface area contributed by atoms with Crippen molar-refractivity contribution in [2.24, 2.45) is 5.73 Å². The molecule has 0 aromatic carbocycles. The molecule has 0 radical (unpaired) electrons. The summed E-state index contributed by atoms with van der Waals surface area (Å²) in [6.45, 7) is 11.4. The number of amides is 4. The van der Waals surface area contributed by atoms with Crippen molar-refractivity contribution in [2.45, 2.75) is 103 Å². The average Bonchev–Trinajstić information content (AvgIpc) is 3.02. The van der Waals surface area contributed by atoms with Gasteiger partial charge in [0.15, 0.2) is 0 Å². The number of hydrogen-bond acceptors (Lipinski definition) is 9. The normalized spacial score (nSPS) is 11.2. The van der Waals surface area contributed by atoms with Gasteiger partial charge < -0.3 is 26.4 Å². The van der Waals surface area contributed by atoms with E-state index < -0.39 is 28.3 Å². The number of unbranched alkanes of at least 4 members (excludes halogenated alkanes) is 7. The number of primary amides is 1. The molecule has 48 heavy (non-hydrogen) atoms. The van der Waals surface area contributed by atoms with E-state index in [2.05, 4.69) is 21.2 Å². The summed E-state index contributed by atoms with van der Waals surface area (Å²) in [6.07, 6.45) is 9.59. The summed E-state index contributed by atoms with van der Waals surface area (Å²) in [5, 5.41) is 31.8. The number of rotatable bonds is 28. The van der Waals surface area contributed by atoms with E-state index in [0.717, 1.165) is 51.4 Å². The minimum Gasteiger partial charge on any atom is -0.481 e. The number of halogens is 1. The first-order valence-corrected chi connectivity index (χ1v) is 17.8. The number of carbonyl (C=O) groups excluding carboxylic acids is 3. The fourth-order valence-corrected chi connectivity index (χ4v) is 4.76. The molecule has 0 fully saturated rings. The van der Waals surface area contributed by atoms with Crippen LogP contribution < -0.4 is 16.4 Å². The van der Waals surface area contributed by atoms with Gasteiger partial charge in [-0.2, -0.15) is 0 Å². The smallest absolute Gasteiger partial charge is 0.318 e. The Balaban J connectivity index is 0. The van der Waals surface area contributed by atoms with E-state index in [1.165, 1.54) is 0 Å². The van der Waals surface area contributed by atoms with E-state index in [9.17, 15) is 33.9 Å². The van der Waals surface area contributed by atoms with Crippen LogP contribution in [-0.2, 0) is 24.0 Å². The highest BCUT2D eigenvalue weighted by Gasteiger charge is 2.32. The predicted molar refractivity (Wildman–Crippen MR) is 188 cm³/mol. The molecule has 0 atom stereocenters. The molecule has 0 bridgehead atoms. The van der Waals surface area contributed by atoms with Gasteiger partial charge in [0.2, 0.25) is 11.8 Å². The van der Waals surface area contributed by atoms with E-state index in [-0.39, 0.29) is 37.9 Å². The van der Waals surface area contributed by atoms with E-state index >= 15 is 0 Å². The lowest BCUT2D eigenvalue weighted by Gasteiger charge is -2.27. The Labute approximate surface area is 294 Å². The third-order valence-electron chi connectivity index (χ3n) is 7.85. The van der Waals surface area contributed by atoms with E-state index in [1.54, 1.807) is 9.80 Å². The van der Waals surface area contributed by atoms with Crippen molar-refractivity contribution < 1.29 is 44.1 Å². The zero-order valence-electron chi connectivity index (χ0n) is 29.4. The predicted octanol–water partition coefficient (Wildman–Crippen LogP) is 2.95. The number of hydrogen-bond donors (Lipinski definition) is 6. The SMILES string of the molecule is CCC(Br)(CC)C(=O)NC(N)=O.CCN(CCN(CCN(CC)CC(=O)NCCCCCCCCCCC(=O)O)CC(=O)O)CC(=O)O. The molecule has 0 heterocycles. The van der Waals surface area contributed by atoms with Crippen LogP contribution in [-0.4, -0.2) is 136 Å². The number of carboxylic acids is 3. The van der Waals surface area contributed by atoms with Gasteiger partial charge in [0, 0.05) is 39.1 Å². The molecule has 0 saturated heterocycles. The second-order valence-corrected chi connectivity index (χ2v) is 13.1. The molecule has 280 valence electrons. The standard InChI is InChI=1S/C25H48N4O7.C7H13BrN2O2/c1-3-27(15-17-29(21-25(35)36)18-16-28(4-2)20-24(33)34)19-22(30)26-14-12-10-8-6-5-7-9-11-13-23(31)32;1-3-7(8,4-2)5(11)10-6(9)12/h3-21H2,1-2H3,(H,26,30)(H,31,32)(H,33,34)(H,35,36);3-4H2,1-2H3,(H3,9,10,11,12). The van der Waals surface area contributed by atoms with Crippen molar-refractivity contribution in [2.75, 3.05) is 65.4 Å². The number of carboxylic acid groups (broad SMARTS) is 3. The van der Waals surface area contributed by atoms with Gasteiger partial charge in [-0.15, -0.1) is 0 Å². The highest BCUT2D eigenvalue weighted by molar-refractivity contribution is 9.10. The number of likely N-dealkylation sites (N-methyl/N-ethyl adjacent to an activating group) is 2. The maximum absolute atomic E-state index is 12.3. The maximum atomic E-state index is 12.3. The molecule has 0 aliphatic carbocycles. The lowest BCUT2D eigenvalue weighted by molar-refractivity contribution is -0.140. The van der Waals surface area contributed by atoms with Crippen LogP contribution in [0.25, 0.3) is 0 Å². The summed E-state index contributed by atoms with van der Waals surface area (Å²) in [6, 6.07) is -0.814. The minimum absolute atomic E-state index is 0.0429. The molecule has 0 aromatic rings. The van der Waals surface area contributed by atoms with E-state index in [0.29, 0.717) is 58.7 Å². The summed E-state index contributed by atoms with van der Waals surface area (Å²) in [5.74, 6) is -2.99. The van der Waals surface area contributed by atoms with Crippen molar-refractivity contribution >= 4 is 51.7 Å². The molecule has 0 aliphatic heterocycles. The highest BCUT2D eigenvalue weighted by Crippen LogP contribution is 2.26. The quantitative estimate of drug-likeness (QED) is 0.0502. The second-order valence-electron chi connectivity index (χ2n) is 11.6. The van der Waals surface area contributed by atoms with Gasteiger partial charge in [-0.3, -0.25) is 44.0 Å². The van der Waals surface area contributed by atoms with E-state index in [4.69, 9.17) is 15.9 Å². The minimum atomic E-state index is -0.935. The Morgan fingerprint density at radius 1 is 0.625 bits per heavy atom. The molecule has 7 N–H and O–H groups in total. The molecule has 0 aromatic heterocycles. The molecule has 0 spiro atoms. The molecule has 0 saturated carbocycles. The number of nitrogens with one attached hydrogen (secondary N) is 2. The van der Waals surface area contributed by atoms with Crippen molar-refractivity contribution in [1.82, 2.24) is 25.3 Å². The Morgan fingerprint density at radius 2 is 1.04 bits per heavy atom. The van der Waals surface area contributed by atoms with Crippen LogP contribution in [0.15, 0.2) is 0 Å². The summed E-state index contributed by atoms with van der Waals surface area (Å²) < 4.78 is -0.665. The van der Waals surface area contributed by atoms with Crippen LogP contribution in [0.1, 0.15) is 98.3 Å². The van der Waals surface area contributed by atoms with Gasteiger partial charge >= 0.3 is 23.9 Å². The Hall–Kier alpha value is -2.82. The van der Waals surface area contributed by atoms with Gasteiger partial charge in [0.25, 0.3) is 0 Å². The molecular formula is C32H61BrN6O9. The Bertz CT molecular complexity index is 953. The maximum Gasteiger partial charge on any atom is 0.318 e. The largest absolute Gasteiger partial charge is 0.481 e. The summed E-state index contributed by atoms with van der Waals surface area (Å²) in [4.78, 5) is 72.1. The number of nitrogens with zero attached hydrogens (tertiary/aromatic N) is 3. The zero-order valence-corrected chi connectivity index (χ0v) is 31.0. The second kappa shape index (κ2) is 29.1. The van der Waals surface area contributed by atoms with Crippen molar-refractivity contribution in [1.29, 1.82) is 0 Å². The van der Waals surface area contributed by atoms with Crippen molar-refractivity contribution in [3.8, 4) is 0 Å². The van der Waals surface area contributed by atoms with Crippen LogP contribution in [0.3, 0.4) is 0 Å². The van der Waals surface area contributed by atoms with Crippen molar-refractivity contribution in [3.63, 3.8) is 0 Å². The molecular weight excluding hydrogens is 692 g/mol. The molecule has 16 heteroatoms. The molecule has 4 amide bonds. The number of imide groups is 1. The number of carbonyl (C=O) groups is 6. The first-order chi connectivity index (χ1) is 22.6. The fourth-order valence-electron chi connectivity index (χ4n) is 4.66. The molecule has 0 aliphatic rings. The van der Waals surface area contributed by atoms with Crippen LogP contribution >= 0.6 is 15.9 Å². The summed E-state index contributed by atoms with van der Waals surface area (Å²) >= 11 is 3.26. The summed E-state index contributed by atoms with van der Waals surface area (Å²) in [5.41, 5.74) is 4.81. The highest BCUT2D eigenvalue weighted by atomic mass is 79.9. The third kappa shape index (κ3) is 27.2. The van der Waals surface area contributed by atoms with E-state index in [1.807, 2.05) is 37.9 Å². The van der Waals surface area contributed by atoms with Crippen LogP contribution in [0.4, 0.5) is 4.79 Å². The van der Waals surface area contributed by atoms with Gasteiger partial charge in [-0.1, -0.05) is 82.1 Å². The van der Waals surface area contributed by atoms with Crippen LogP contribution in [0.2, 0.25) is 0 Å². The molecule has 0 unspecified atom stereocenters. The number of nitrogens with two attached hydrogens (primary N) is 1. The number of alkyl halides is 1. The monoisotopic (exact) mass is 752 g/mol. The molecule has 15 nitrogen and oxygen atoms in total. The zero-order chi connectivity index (χ0) is 37.0. The summed E-state index contributed by atoms with van der Waals surface area (Å²) in [7, 11) is 0. The lowest BCUT2D eigenvalue weighted by atomic mass is 10.0. The van der Waals surface area contributed by atoms with Gasteiger partial charge in [0.05, 0.1) is 19.6 Å². The van der Waals surface area contributed by atoms with Crippen LogP contribution in [0, 0.1) is 0 Å². The Morgan fingerprint density at radius 3 is 1.46 bits per heavy atom. The topological polar surface area (TPSA) is 223 Å². The first kappa shape index (κ1) is 47.3. The third-order valence-corrected chi connectivity index (χ3v) is 9.33. The average molecular weight is 754 g/mol. The first-order valence-electron chi connectivity index (χ1n) is 17.0. The molecule has 0 rings (SSSR count).